The molecule has 3 heteroatoms. The molecule has 1 aliphatic heterocycles. The lowest BCUT2D eigenvalue weighted by molar-refractivity contribution is -0.126. The first-order chi connectivity index (χ1) is 7.72. The van der Waals surface area contributed by atoms with Gasteiger partial charge in [-0.1, -0.05) is 18.2 Å². The molecule has 0 bridgehead atoms. The van der Waals surface area contributed by atoms with Crippen molar-refractivity contribution in [3.8, 4) is 5.75 Å². The highest BCUT2D eigenvalue weighted by molar-refractivity contribution is 5.98. The minimum Gasteiger partial charge on any atom is -0.488 e. The quantitative estimate of drug-likeness (QED) is 0.757. The fraction of sp³-hybridized carbons (Fsp3) is 0.308. The molecule has 84 valence electrons. The lowest BCUT2D eigenvalue weighted by Gasteiger charge is -2.21. The van der Waals surface area contributed by atoms with Crippen LogP contribution in [0.15, 0.2) is 29.8 Å². The molecule has 0 N–H and O–H groups in total. The molecule has 0 spiro atoms. The second-order valence-corrected chi connectivity index (χ2v) is 3.82. The zero-order valence-electron chi connectivity index (χ0n) is 9.56. The van der Waals surface area contributed by atoms with Crippen molar-refractivity contribution in [2.75, 3.05) is 20.2 Å². The highest BCUT2D eigenvalue weighted by Crippen LogP contribution is 2.26. The summed E-state index contributed by atoms with van der Waals surface area (Å²) in [5, 5.41) is 0. The molecule has 2 rings (SSSR count). The molecule has 0 saturated carbocycles. The summed E-state index contributed by atoms with van der Waals surface area (Å²) in [5.74, 6) is 0.884. The Balaban J connectivity index is 2.27. The molecule has 0 atom stereocenters. The molecule has 0 radical (unpaired) electrons. The van der Waals surface area contributed by atoms with E-state index in [0.717, 1.165) is 11.3 Å². The van der Waals surface area contributed by atoms with Crippen LogP contribution in [0.1, 0.15) is 12.5 Å². The number of ether oxygens (including phenoxy) is 1. The lowest BCUT2D eigenvalue weighted by Crippen LogP contribution is -2.30. The molecule has 1 aromatic rings. The number of carbonyl (C=O) groups excluding carboxylic acids is 1. The molecule has 1 aliphatic rings. The molecule has 3 nitrogen and oxygen atoms in total. The Morgan fingerprint density at radius 2 is 2.19 bits per heavy atom. The van der Waals surface area contributed by atoms with Crippen LogP contribution in [0.2, 0.25) is 0 Å². The second-order valence-electron chi connectivity index (χ2n) is 3.82. The highest BCUT2D eigenvalue weighted by Gasteiger charge is 2.18. The average Bonchev–Trinajstić information content (AvgIpc) is 2.36. The van der Waals surface area contributed by atoms with Crippen molar-refractivity contribution < 1.29 is 9.53 Å². The molecule has 1 amide bonds. The first-order valence-electron chi connectivity index (χ1n) is 5.40. The largest absolute Gasteiger partial charge is 0.488 e. The third kappa shape index (κ3) is 1.94. The van der Waals surface area contributed by atoms with E-state index in [0.29, 0.717) is 18.7 Å². The standard InChI is InChI=1S/C13H15NO2/c1-3-14(2)13(15)11-8-10-6-4-5-7-12(10)16-9-11/h4-8H,3,9H2,1-2H3. The van der Waals surface area contributed by atoms with Crippen LogP contribution >= 0.6 is 0 Å². The van der Waals surface area contributed by atoms with E-state index in [-0.39, 0.29) is 5.91 Å². The van der Waals surface area contributed by atoms with Crippen molar-refractivity contribution in [1.29, 1.82) is 0 Å². The molecule has 0 unspecified atom stereocenters. The van der Waals surface area contributed by atoms with Crippen LogP contribution in [0.4, 0.5) is 0 Å². The van der Waals surface area contributed by atoms with Crippen LogP contribution in [0.25, 0.3) is 6.08 Å². The Labute approximate surface area is 95.3 Å². The van der Waals surface area contributed by atoms with Gasteiger partial charge in [0.1, 0.15) is 12.4 Å². The molecule has 0 saturated heterocycles. The minimum absolute atomic E-state index is 0.0389. The molecular weight excluding hydrogens is 202 g/mol. The SMILES string of the molecule is CCN(C)C(=O)C1=Cc2ccccc2OC1. The van der Waals surface area contributed by atoms with Crippen LogP contribution in [0, 0.1) is 0 Å². The average molecular weight is 217 g/mol. The van der Waals surface area contributed by atoms with Crippen LogP contribution in [-0.4, -0.2) is 31.0 Å². The summed E-state index contributed by atoms with van der Waals surface area (Å²) in [5.41, 5.74) is 1.68. The van der Waals surface area contributed by atoms with E-state index < -0.39 is 0 Å². The van der Waals surface area contributed by atoms with Gasteiger partial charge < -0.3 is 9.64 Å². The number of rotatable bonds is 2. The normalized spacial score (nSPS) is 13.5. The Morgan fingerprint density at radius 1 is 1.44 bits per heavy atom. The summed E-state index contributed by atoms with van der Waals surface area (Å²) in [7, 11) is 1.80. The first kappa shape index (κ1) is 10.7. The predicted molar refractivity (Wildman–Crippen MR) is 63.2 cm³/mol. The van der Waals surface area contributed by atoms with E-state index in [1.54, 1.807) is 11.9 Å². The maximum atomic E-state index is 11.9. The van der Waals surface area contributed by atoms with E-state index in [1.807, 2.05) is 37.3 Å². The number of nitrogens with zero attached hydrogens (tertiary/aromatic N) is 1. The van der Waals surface area contributed by atoms with Crippen molar-refractivity contribution in [1.82, 2.24) is 4.90 Å². The third-order valence-electron chi connectivity index (χ3n) is 2.73. The fourth-order valence-electron chi connectivity index (χ4n) is 1.63. The molecule has 16 heavy (non-hydrogen) atoms. The Kier molecular flexibility index (Phi) is 2.95. The van der Waals surface area contributed by atoms with Gasteiger partial charge in [0.05, 0.1) is 5.57 Å². The van der Waals surface area contributed by atoms with Crippen LogP contribution < -0.4 is 4.74 Å². The number of likely N-dealkylation sites (N-methyl/N-ethyl adjacent to an activating group) is 1. The van der Waals surface area contributed by atoms with Crippen molar-refractivity contribution in [3.05, 3.63) is 35.4 Å². The van der Waals surface area contributed by atoms with Crippen LogP contribution in [-0.2, 0) is 4.79 Å². The van der Waals surface area contributed by atoms with Gasteiger partial charge in [-0.05, 0) is 19.1 Å². The number of amides is 1. The van der Waals surface area contributed by atoms with Crippen LogP contribution in [0.3, 0.4) is 0 Å². The summed E-state index contributed by atoms with van der Waals surface area (Å²) in [6.45, 7) is 3.02. The summed E-state index contributed by atoms with van der Waals surface area (Å²) >= 11 is 0. The number of hydrogen-bond donors (Lipinski definition) is 0. The summed E-state index contributed by atoms with van der Waals surface area (Å²) in [6.07, 6.45) is 1.91. The Bertz CT molecular complexity index is 437. The zero-order valence-corrected chi connectivity index (χ0v) is 9.56. The zero-order chi connectivity index (χ0) is 11.5. The first-order valence-corrected chi connectivity index (χ1v) is 5.40. The molecule has 0 fully saturated rings. The smallest absolute Gasteiger partial charge is 0.252 e. The van der Waals surface area contributed by atoms with E-state index in [1.165, 1.54) is 0 Å². The predicted octanol–water partition coefficient (Wildman–Crippen LogP) is 1.94. The summed E-state index contributed by atoms with van der Waals surface area (Å²) < 4.78 is 5.54. The third-order valence-corrected chi connectivity index (χ3v) is 2.73. The second kappa shape index (κ2) is 4.39. The number of fused-ring (bicyclic) bond motifs is 1. The maximum absolute atomic E-state index is 11.9. The Morgan fingerprint density at radius 3 is 2.94 bits per heavy atom. The van der Waals surface area contributed by atoms with Gasteiger partial charge >= 0.3 is 0 Å². The van der Waals surface area contributed by atoms with E-state index in [9.17, 15) is 4.79 Å². The minimum atomic E-state index is 0.0389. The van der Waals surface area contributed by atoms with E-state index in [4.69, 9.17) is 4.74 Å². The number of carbonyl (C=O) groups is 1. The Hall–Kier alpha value is -1.77. The van der Waals surface area contributed by atoms with Gasteiger partial charge in [0.2, 0.25) is 0 Å². The summed E-state index contributed by atoms with van der Waals surface area (Å²) in [6, 6.07) is 7.73. The van der Waals surface area contributed by atoms with Crippen molar-refractivity contribution in [3.63, 3.8) is 0 Å². The van der Waals surface area contributed by atoms with Crippen molar-refractivity contribution in [2.24, 2.45) is 0 Å². The molecule has 1 heterocycles. The highest BCUT2D eigenvalue weighted by atomic mass is 16.5. The number of benzene rings is 1. The molecule has 0 aliphatic carbocycles. The molecule has 0 aromatic heterocycles. The van der Waals surface area contributed by atoms with E-state index in [2.05, 4.69) is 0 Å². The lowest BCUT2D eigenvalue weighted by atomic mass is 10.1. The van der Waals surface area contributed by atoms with Gasteiger partial charge in [-0.3, -0.25) is 4.79 Å². The maximum Gasteiger partial charge on any atom is 0.252 e. The van der Waals surface area contributed by atoms with Crippen LogP contribution in [0.5, 0.6) is 5.75 Å². The van der Waals surface area contributed by atoms with Gasteiger partial charge in [-0.15, -0.1) is 0 Å². The summed E-state index contributed by atoms with van der Waals surface area (Å²) in [4.78, 5) is 13.6. The monoisotopic (exact) mass is 217 g/mol. The van der Waals surface area contributed by atoms with Crippen molar-refractivity contribution in [2.45, 2.75) is 6.92 Å². The number of hydrogen-bond acceptors (Lipinski definition) is 2. The molecule has 1 aromatic carbocycles. The topological polar surface area (TPSA) is 29.5 Å². The van der Waals surface area contributed by atoms with Gasteiger partial charge in [0, 0.05) is 19.2 Å². The molecular formula is C13H15NO2. The van der Waals surface area contributed by atoms with Gasteiger partial charge in [0.15, 0.2) is 0 Å². The van der Waals surface area contributed by atoms with E-state index >= 15 is 0 Å². The number of para-hydroxylation sites is 1. The van der Waals surface area contributed by atoms with Gasteiger partial charge in [-0.25, -0.2) is 0 Å². The van der Waals surface area contributed by atoms with Gasteiger partial charge in [-0.2, -0.15) is 0 Å². The van der Waals surface area contributed by atoms with Crippen molar-refractivity contribution >= 4 is 12.0 Å². The fourth-order valence-corrected chi connectivity index (χ4v) is 1.63. The van der Waals surface area contributed by atoms with Gasteiger partial charge in [0.25, 0.3) is 5.91 Å².